The predicted octanol–water partition coefficient (Wildman–Crippen LogP) is 2.75. The van der Waals surface area contributed by atoms with E-state index in [1.165, 1.54) is 23.9 Å². The highest BCUT2D eigenvalue weighted by atomic mass is 32.1. The van der Waals surface area contributed by atoms with Crippen LogP contribution in [0.1, 0.15) is 53.3 Å². The molecule has 31 heavy (non-hydrogen) atoms. The van der Waals surface area contributed by atoms with E-state index >= 15 is 0 Å². The van der Waals surface area contributed by atoms with Gasteiger partial charge in [0.05, 0.1) is 23.3 Å². The van der Waals surface area contributed by atoms with E-state index in [-0.39, 0.29) is 35.4 Å². The average molecular weight is 445 g/mol. The number of Topliss-reactive ketones (excluding diaryl/α,β-unsaturated/α-hetero) is 1. The predicted molar refractivity (Wildman–Crippen MR) is 115 cm³/mol. The van der Waals surface area contributed by atoms with E-state index in [1.807, 2.05) is 0 Å². The number of urea groups is 1. The second kappa shape index (κ2) is 10.2. The fourth-order valence-electron chi connectivity index (χ4n) is 3.61. The number of aromatic nitrogens is 1. The lowest BCUT2D eigenvalue weighted by Crippen LogP contribution is -2.37. The molecule has 0 radical (unpaired) electrons. The van der Waals surface area contributed by atoms with E-state index in [2.05, 4.69) is 20.9 Å². The minimum absolute atomic E-state index is 0.0826. The monoisotopic (exact) mass is 444 g/mol. The fourth-order valence-corrected chi connectivity index (χ4v) is 4.19. The number of likely N-dealkylation sites (N-methyl/N-ethyl adjacent to an activating group) is 1. The molecule has 1 atom stereocenters. The molecule has 3 rings (SSSR count). The number of carbonyl (C=O) groups excluding carboxylic acids is 3. The first-order chi connectivity index (χ1) is 14.9. The maximum atomic E-state index is 13.1. The van der Waals surface area contributed by atoms with Crippen molar-refractivity contribution in [2.75, 3.05) is 12.4 Å². The average Bonchev–Trinajstić information content (AvgIpc) is 3.46. The van der Waals surface area contributed by atoms with Crippen LogP contribution in [0.25, 0.3) is 0 Å². The number of aliphatic carboxylic acids is 1. The van der Waals surface area contributed by atoms with Crippen LogP contribution >= 0.6 is 11.3 Å². The first-order valence-electron chi connectivity index (χ1n) is 9.95. The van der Waals surface area contributed by atoms with Crippen LogP contribution in [-0.2, 0) is 16.0 Å². The lowest BCUT2D eigenvalue weighted by Gasteiger charge is -2.17. The number of nitrogens with zero attached hydrogens (tertiary/aromatic N) is 1. The van der Waals surface area contributed by atoms with Gasteiger partial charge in [0.15, 0.2) is 11.8 Å². The highest BCUT2D eigenvalue weighted by Crippen LogP contribution is 2.31. The Hall–Kier alpha value is -3.27. The number of ketones is 1. The number of carboxylic acid groups (broad SMARTS) is 1. The molecule has 164 valence electrons. The van der Waals surface area contributed by atoms with E-state index < -0.39 is 18.0 Å². The molecule has 1 fully saturated rings. The van der Waals surface area contributed by atoms with Gasteiger partial charge < -0.3 is 21.1 Å². The maximum absolute atomic E-state index is 13.1. The largest absolute Gasteiger partial charge is 0.479 e. The number of rotatable bonds is 8. The highest BCUT2D eigenvalue weighted by molar-refractivity contribution is 7.07. The molecular formula is C21H24N4O5S. The molecule has 3 amide bonds. The third-order valence-corrected chi connectivity index (χ3v) is 5.84. The Kier molecular flexibility index (Phi) is 7.35. The molecule has 1 saturated carbocycles. The van der Waals surface area contributed by atoms with Gasteiger partial charge in [-0.25, -0.2) is 14.6 Å². The Morgan fingerprint density at radius 1 is 1.23 bits per heavy atom. The quantitative estimate of drug-likeness (QED) is 0.462. The highest BCUT2D eigenvalue weighted by Gasteiger charge is 2.28. The Balaban J connectivity index is 1.82. The Labute approximate surface area is 183 Å². The molecule has 1 aliphatic carbocycles. The molecule has 1 unspecified atom stereocenters. The molecule has 4 N–H and O–H groups in total. The van der Waals surface area contributed by atoms with Gasteiger partial charge in [0, 0.05) is 23.9 Å². The summed E-state index contributed by atoms with van der Waals surface area (Å²) in [6, 6.07) is 2.78. The summed E-state index contributed by atoms with van der Waals surface area (Å²) in [5.41, 5.74) is 2.95. The van der Waals surface area contributed by atoms with Crippen molar-refractivity contribution in [1.29, 1.82) is 0 Å². The number of hydrogen-bond acceptors (Lipinski definition) is 6. The third-order valence-electron chi connectivity index (χ3n) is 5.24. The summed E-state index contributed by atoms with van der Waals surface area (Å²) < 4.78 is 0. The SMILES string of the molecule is CNC(=O)Cc1ccc(NC(=O)NC(C(=O)O)c2cscn2)c(C(=O)C2CCCC2)c1. The number of anilines is 1. The third kappa shape index (κ3) is 5.66. The van der Waals surface area contributed by atoms with Crippen LogP contribution in [0.4, 0.5) is 10.5 Å². The van der Waals surface area contributed by atoms with Gasteiger partial charge in [-0.15, -0.1) is 11.3 Å². The zero-order chi connectivity index (χ0) is 22.4. The molecule has 2 aromatic rings. The van der Waals surface area contributed by atoms with Crippen LogP contribution in [-0.4, -0.2) is 40.8 Å². The van der Waals surface area contributed by atoms with Crippen LogP contribution in [0.3, 0.4) is 0 Å². The van der Waals surface area contributed by atoms with Gasteiger partial charge in [0.2, 0.25) is 5.91 Å². The second-order valence-electron chi connectivity index (χ2n) is 7.36. The van der Waals surface area contributed by atoms with Crippen molar-refractivity contribution in [3.63, 3.8) is 0 Å². The Morgan fingerprint density at radius 2 is 1.97 bits per heavy atom. The van der Waals surface area contributed by atoms with Gasteiger partial charge in [-0.05, 0) is 30.5 Å². The molecule has 0 aliphatic heterocycles. The van der Waals surface area contributed by atoms with E-state index in [0.717, 1.165) is 25.7 Å². The van der Waals surface area contributed by atoms with Crippen molar-refractivity contribution in [2.45, 2.75) is 38.1 Å². The van der Waals surface area contributed by atoms with Gasteiger partial charge in [0.25, 0.3) is 0 Å². The second-order valence-corrected chi connectivity index (χ2v) is 8.08. The van der Waals surface area contributed by atoms with E-state index in [9.17, 15) is 24.3 Å². The molecule has 9 nitrogen and oxygen atoms in total. The minimum atomic E-state index is -1.31. The molecular weight excluding hydrogens is 420 g/mol. The molecule has 0 saturated heterocycles. The smallest absolute Gasteiger partial charge is 0.332 e. The topological polar surface area (TPSA) is 137 Å². The number of hydrogen-bond donors (Lipinski definition) is 4. The molecule has 0 bridgehead atoms. The standard InChI is InChI=1S/C21H24N4O5S/c1-22-17(26)9-12-6-7-15(14(8-12)19(27)13-4-2-3-5-13)24-21(30)25-18(20(28)29)16-10-31-11-23-16/h6-8,10-11,13,18H,2-5,9H2,1H3,(H,22,26)(H,28,29)(H2,24,25,30). The van der Waals surface area contributed by atoms with Crippen LogP contribution in [0.15, 0.2) is 29.1 Å². The molecule has 1 aliphatic rings. The summed E-state index contributed by atoms with van der Waals surface area (Å²) in [6.45, 7) is 0. The van der Waals surface area contributed by atoms with Crippen molar-refractivity contribution in [3.05, 3.63) is 45.9 Å². The van der Waals surface area contributed by atoms with E-state index in [1.54, 1.807) is 23.6 Å². The first kappa shape index (κ1) is 22.4. The summed E-state index contributed by atoms with van der Waals surface area (Å²) in [6.07, 6.45) is 3.64. The van der Waals surface area contributed by atoms with Gasteiger partial charge in [-0.3, -0.25) is 9.59 Å². The first-order valence-corrected chi connectivity index (χ1v) is 10.9. The van der Waals surface area contributed by atoms with Gasteiger partial charge >= 0.3 is 12.0 Å². The zero-order valence-corrected chi connectivity index (χ0v) is 17.8. The normalized spacial score (nSPS) is 14.6. The van der Waals surface area contributed by atoms with Gasteiger partial charge in [0.1, 0.15) is 0 Å². The van der Waals surface area contributed by atoms with Crippen molar-refractivity contribution >= 4 is 40.7 Å². The summed E-state index contributed by atoms with van der Waals surface area (Å²) in [4.78, 5) is 52.9. The number of carbonyl (C=O) groups is 4. The van der Waals surface area contributed by atoms with Crippen LogP contribution in [0, 0.1) is 5.92 Å². The van der Waals surface area contributed by atoms with Crippen molar-refractivity contribution in [1.82, 2.24) is 15.6 Å². The number of carboxylic acids is 1. The minimum Gasteiger partial charge on any atom is -0.479 e. The van der Waals surface area contributed by atoms with Crippen LogP contribution in [0.5, 0.6) is 0 Å². The summed E-state index contributed by atoms with van der Waals surface area (Å²) in [5.74, 6) is -1.64. The zero-order valence-electron chi connectivity index (χ0n) is 17.0. The maximum Gasteiger partial charge on any atom is 0.332 e. The summed E-state index contributed by atoms with van der Waals surface area (Å²) in [5, 5.41) is 18.5. The van der Waals surface area contributed by atoms with E-state index in [0.29, 0.717) is 11.1 Å². The molecule has 10 heteroatoms. The molecule has 1 heterocycles. The summed E-state index contributed by atoms with van der Waals surface area (Å²) >= 11 is 1.22. The lowest BCUT2D eigenvalue weighted by molar-refractivity contribution is -0.139. The lowest BCUT2D eigenvalue weighted by atomic mass is 9.93. The molecule has 1 aromatic heterocycles. The van der Waals surface area contributed by atoms with Gasteiger partial charge in [-0.2, -0.15) is 0 Å². The Bertz CT molecular complexity index is 970. The number of thiazole rings is 1. The van der Waals surface area contributed by atoms with Crippen molar-refractivity contribution < 1.29 is 24.3 Å². The number of benzene rings is 1. The van der Waals surface area contributed by atoms with Crippen LogP contribution in [0.2, 0.25) is 0 Å². The van der Waals surface area contributed by atoms with Crippen molar-refractivity contribution in [2.24, 2.45) is 5.92 Å². The number of amides is 3. The van der Waals surface area contributed by atoms with Crippen LogP contribution < -0.4 is 16.0 Å². The van der Waals surface area contributed by atoms with Crippen molar-refractivity contribution in [3.8, 4) is 0 Å². The summed E-state index contributed by atoms with van der Waals surface area (Å²) in [7, 11) is 1.54. The van der Waals surface area contributed by atoms with E-state index in [4.69, 9.17) is 0 Å². The van der Waals surface area contributed by atoms with Gasteiger partial charge in [-0.1, -0.05) is 18.9 Å². The fraction of sp³-hybridized carbons (Fsp3) is 0.381. The Morgan fingerprint density at radius 3 is 2.58 bits per heavy atom. The number of nitrogens with one attached hydrogen (secondary N) is 3. The molecule has 0 spiro atoms. The molecule has 1 aromatic carbocycles.